The lowest BCUT2D eigenvalue weighted by Crippen LogP contribution is -2.16. The monoisotopic (exact) mass is 526 g/mol. The second-order valence-corrected chi connectivity index (χ2v) is 7.37. The molecule has 9 heteroatoms. The first-order valence-corrected chi connectivity index (χ1v) is 10.0. The number of fused-ring (bicyclic) bond motifs is 1. The van der Waals surface area contributed by atoms with Gasteiger partial charge in [-0.05, 0) is 77.5 Å². The minimum atomic E-state index is -0.474. The topological polar surface area (TPSA) is 90.1 Å². The number of esters is 1. The fourth-order valence-electron chi connectivity index (χ4n) is 2.40. The molecule has 0 aliphatic rings. The summed E-state index contributed by atoms with van der Waals surface area (Å²) in [7, 11) is 0. The molecule has 0 fully saturated rings. The zero-order valence-electron chi connectivity index (χ0n) is 15.3. The number of nitrogens with zero attached hydrogens (tertiary/aromatic N) is 1. The normalized spacial score (nSPS) is 11.0. The van der Waals surface area contributed by atoms with Crippen molar-refractivity contribution < 1.29 is 23.5 Å². The maximum atomic E-state index is 12.2. The Morgan fingerprint density at radius 2 is 2.07 bits per heavy atom. The van der Waals surface area contributed by atoms with Gasteiger partial charge in [0.25, 0.3) is 0 Å². The van der Waals surface area contributed by atoms with Gasteiger partial charge in [0.2, 0.25) is 0 Å². The number of hydrazone groups is 1. The summed E-state index contributed by atoms with van der Waals surface area (Å²) in [5, 5.41) is 5.24. The van der Waals surface area contributed by atoms with Crippen molar-refractivity contribution in [2.45, 2.75) is 6.92 Å². The predicted molar refractivity (Wildman–Crippen MR) is 118 cm³/mol. The molecule has 7 nitrogen and oxygen atoms in total. The van der Waals surface area contributed by atoms with E-state index in [0.717, 1.165) is 14.5 Å². The molecule has 1 aromatic heterocycles. The molecule has 0 bridgehead atoms. The van der Waals surface area contributed by atoms with E-state index in [-0.39, 0.29) is 12.4 Å². The van der Waals surface area contributed by atoms with E-state index < -0.39 is 11.9 Å². The third-order valence-corrected chi connectivity index (χ3v) is 4.77. The Bertz CT molecular complexity index is 1080. The standard InChI is InChI=1S/C20H16ClIN2O5/c1-2-27-19(25)11-28-17-5-3-12(7-15(17)22)10-23-24-20(26)18-9-13-8-14(21)4-6-16(13)29-18/h3-10H,2,11H2,1H3,(H,24,26)/b23-10+. The maximum absolute atomic E-state index is 12.2. The number of halogens is 2. The summed E-state index contributed by atoms with van der Waals surface area (Å²) in [6.45, 7) is 1.89. The Morgan fingerprint density at radius 3 is 2.83 bits per heavy atom. The second kappa shape index (κ2) is 9.75. The van der Waals surface area contributed by atoms with Crippen molar-refractivity contribution in [1.29, 1.82) is 0 Å². The van der Waals surface area contributed by atoms with E-state index in [1.165, 1.54) is 6.21 Å². The van der Waals surface area contributed by atoms with Crippen molar-refractivity contribution in [2.24, 2.45) is 5.10 Å². The van der Waals surface area contributed by atoms with Gasteiger partial charge in [-0.3, -0.25) is 4.79 Å². The SMILES string of the molecule is CCOC(=O)COc1ccc(/C=N/NC(=O)c2cc3cc(Cl)ccc3o2)cc1I. The van der Waals surface area contributed by atoms with Gasteiger partial charge in [-0.2, -0.15) is 5.10 Å². The number of rotatable bonds is 7. The van der Waals surface area contributed by atoms with Gasteiger partial charge in [0.15, 0.2) is 12.4 Å². The van der Waals surface area contributed by atoms with E-state index in [4.69, 9.17) is 25.5 Å². The summed E-state index contributed by atoms with van der Waals surface area (Å²) in [6.07, 6.45) is 1.49. The predicted octanol–water partition coefficient (Wildman–Crippen LogP) is 4.40. The number of nitrogens with one attached hydrogen (secondary N) is 1. The zero-order chi connectivity index (χ0) is 20.8. The Kier molecular flexibility index (Phi) is 7.10. The average molecular weight is 527 g/mol. The van der Waals surface area contributed by atoms with Crippen molar-refractivity contribution >= 4 is 63.3 Å². The molecule has 0 aliphatic carbocycles. The lowest BCUT2D eigenvalue weighted by molar-refractivity contribution is -0.145. The largest absolute Gasteiger partial charge is 0.481 e. The molecule has 0 aliphatic heterocycles. The minimum absolute atomic E-state index is 0.136. The molecule has 2 aromatic carbocycles. The first kappa shape index (κ1) is 21.1. The van der Waals surface area contributed by atoms with Crippen molar-refractivity contribution in [3.8, 4) is 5.75 Å². The van der Waals surface area contributed by atoms with Gasteiger partial charge in [-0.15, -0.1) is 0 Å². The number of hydrogen-bond acceptors (Lipinski definition) is 6. The van der Waals surface area contributed by atoms with Gasteiger partial charge >= 0.3 is 11.9 Å². The number of carbonyl (C=O) groups excluding carboxylic acids is 2. The Hall–Kier alpha value is -2.59. The van der Waals surface area contributed by atoms with Gasteiger partial charge in [0, 0.05) is 10.4 Å². The molecule has 1 N–H and O–H groups in total. The van der Waals surface area contributed by atoms with Crippen LogP contribution in [0.3, 0.4) is 0 Å². The van der Waals surface area contributed by atoms with E-state index in [0.29, 0.717) is 23.0 Å². The van der Waals surface area contributed by atoms with Gasteiger partial charge in [0.1, 0.15) is 11.3 Å². The van der Waals surface area contributed by atoms with Crippen LogP contribution >= 0.6 is 34.2 Å². The first-order valence-electron chi connectivity index (χ1n) is 8.56. The van der Waals surface area contributed by atoms with E-state index in [1.54, 1.807) is 49.4 Å². The summed E-state index contributed by atoms with van der Waals surface area (Å²) in [4.78, 5) is 23.6. The van der Waals surface area contributed by atoms with Crippen LogP contribution in [0.1, 0.15) is 23.0 Å². The smallest absolute Gasteiger partial charge is 0.344 e. The average Bonchev–Trinajstić information content (AvgIpc) is 3.11. The number of ether oxygens (including phenoxy) is 2. The summed E-state index contributed by atoms with van der Waals surface area (Å²) in [5.41, 5.74) is 3.73. The number of benzene rings is 2. The highest BCUT2D eigenvalue weighted by atomic mass is 127. The van der Waals surface area contributed by atoms with Gasteiger partial charge in [-0.1, -0.05) is 11.6 Å². The van der Waals surface area contributed by atoms with Crippen molar-refractivity contribution in [3.05, 3.63) is 62.4 Å². The van der Waals surface area contributed by atoms with E-state index in [9.17, 15) is 9.59 Å². The quantitative estimate of drug-likeness (QED) is 0.213. The molecule has 29 heavy (non-hydrogen) atoms. The third kappa shape index (κ3) is 5.70. The van der Waals surface area contributed by atoms with Crippen LogP contribution in [0.2, 0.25) is 5.02 Å². The molecule has 1 amide bonds. The van der Waals surface area contributed by atoms with Crippen LogP contribution in [0, 0.1) is 3.57 Å². The molecule has 3 aromatic rings. The third-order valence-electron chi connectivity index (χ3n) is 3.69. The fraction of sp³-hybridized carbons (Fsp3) is 0.150. The van der Waals surface area contributed by atoms with Crippen LogP contribution in [0.4, 0.5) is 0 Å². The van der Waals surface area contributed by atoms with E-state index in [1.807, 2.05) is 0 Å². The van der Waals surface area contributed by atoms with Crippen LogP contribution in [0.5, 0.6) is 5.75 Å². The lowest BCUT2D eigenvalue weighted by Gasteiger charge is -2.08. The van der Waals surface area contributed by atoms with E-state index >= 15 is 0 Å². The van der Waals surface area contributed by atoms with Gasteiger partial charge in [0.05, 0.1) is 16.4 Å². The first-order chi connectivity index (χ1) is 14.0. The van der Waals surface area contributed by atoms with Gasteiger partial charge < -0.3 is 13.9 Å². The number of hydrogen-bond donors (Lipinski definition) is 1. The summed E-state index contributed by atoms with van der Waals surface area (Å²) in [5.74, 6) is -0.209. The zero-order valence-corrected chi connectivity index (χ0v) is 18.2. The van der Waals surface area contributed by atoms with Crippen molar-refractivity contribution in [3.63, 3.8) is 0 Å². The molecule has 0 atom stereocenters. The molecule has 0 spiro atoms. The fourth-order valence-corrected chi connectivity index (χ4v) is 3.28. The van der Waals surface area contributed by atoms with Crippen LogP contribution in [0.25, 0.3) is 11.0 Å². The molecule has 3 rings (SSSR count). The molecule has 0 unspecified atom stereocenters. The molecule has 0 saturated heterocycles. The molecule has 0 radical (unpaired) electrons. The molecular formula is C20H16ClIN2O5. The number of amides is 1. The highest BCUT2D eigenvalue weighted by Gasteiger charge is 2.12. The number of carbonyl (C=O) groups is 2. The molecular weight excluding hydrogens is 511 g/mol. The molecule has 150 valence electrons. The van der Waals surface area contributed by atoms with Crippen LogP contribution in [0.15, 0.2) is 52.0 Å². The maximum Gasteiger partial charge on any atom is 0.344 e. The number of furan rings is 1. The van der Waals surface area contributed by atoms with Crippen LogP contribution in [-0.2, 0) is 9.53 Å². The highest BCUT2D eigenvalue weighted by Crippen LogP contribution is 2.23. The van der Waals surface area contributed by atoms with Crippen LogP contribution in [-0.4, -0.2) is 31.3 Å². The Labute approximate surface area is 185 Å². The van der Waals surface area contributed by atoms with E-state index in [2.05, 4.69) is 33.1 Å². The summed E-state index contributed by atoms with van der Waals surface area (Å²) >= 11 is 8.02. The minimum Gasteiger partial charge on any atom is -0.481 e. The molecule has 0 saturated carbocycles. The Morgan fingerprint density at radius 1 is 1.24 bits per heavy atom. The highest BCUT2D eigenvalue weighted by molar-refractivity contribution is 14.1. The van der Waals surface area contributed by atoms with Crippen LogP contribution < -0.4 is 10.2 Å². The molecule has 1 heterocycles. The second-order valence-electron chi connectivity index (χ2n) is 5.78. The Balaban J connectivity index is 1.59. The van der Waals surface area contributed by atoms with Crippen molar-refractivity contribution in [2.75, 3.05) is 13.2 Å². The lowest BCUT2D eigenvalue weighted by atomic mass is 10.2. The van der Waals surface area contributed by atoms with Crippen molar-refractivity contribution in [1.82, 2.24) is 5.43 Å². The summed E-state index contributed by atoms with van der Waals surface area (Å²) in [6, 6.07) is 12.0. The van der Waals surface area contributed by atoms with Gasteiger partial charge in [-0.25, -0.2) is 10.2 Å². The summed E-state index contributed by atoms with van der Waals surface area (Å²) < 4.78 is 16.5.